The molecule has 3 N–H and O–H groups in total. The van der Waals surface area contributed by atoms with Crippen molar-refractivity contribution in [1.29, 1.82) is 0 Å². The molecule has 0 saturated carbocycles. The molecule has 1 heterocycles. The quantitative estimate of drug-likeness (QED) is 0.771. The zero-order chi connectivity index (χ0) is 18.2. The number of H-pyrrole nitrogens is 1. The molecule has 0 unspecified atom stereocenters. The summed E-state index contributed by atoms with van der Waals surface area (Å²) in [5.74, 6) is 0.171. The first-order valence-electron chi connectivity index (χ1n) is 8.72. The number of aromatic amines is 1. The van der Waals surface area contributed by atoms with Crippen molar-refractivity contribution in [3.05, 3.63) is 57.5 Å². The second kappa shape index (κ2) is 9.01. The first-order chi connectivity index (χ1) is 12.0. The molecule has 0 fully saturated rings. The minimum Gasteiger partial charge on any atom is -0.369 e. The van der Waals surface area contributed by atoms with Gasteiger partial charge in [-0.3, -0.25) is 14.6 Å². The molecule has 1 aromatic heterocycles. The van der Waals surface area contributed by atoms with Gasteiger partial charge in [0.25, 0.3) is 11.5 Å². The lowest BCUT2D eigenvalue weighted by Crippen LogP contribution is -2.33. The Balaban J connectivity index is 2.03. The Bertz CT molecular complexity index is 756. The maximum absolute atomic E-state index is 12.7. The van der Waals surface area contributed by atoms with Crippen LogP contribution in [-0.2, 0) is 6.42 Å². The van der Waals surface area contributed by atoms with Crippen LogP contribution in [0, 0.1) is 6.92 Å². The molecule has 134 valence electrons. The SMILES string of the molecule is CCCCN(CCCc1c(C)nc(N)[nH]c1=O)C(=O)c1ccccc1. The number of aryl methyl sites for hydroxylation is 1. The molecule has 0 atom stereocenters. The summed E-state index contributed by atoms with van der Waals surface area (Å²) in [6, 6.07) is 9.30. The molecule has 0 saturated heterocycles. The molecule has 0 radical (unpaired) electrons. The van der Waals surface area contributed by atoms with Gasteiger partial charge in [-0.2, -0.15) is 0 Å². The molecule has 0 aliphatic carbocycles. The van der Waals surface area contributed by atoms with Crippen LogP contribution >= 0.6 is 0 Å². The van der Waals surface area contributed by atoms with E-state index in [4.69, 9.17) is 5.73 Å². The Morgan fingerprint density at radius 2 is 1.88 bits per heavy atom. The highest BCUT2D eigenvalue weighted by Gasteiger charge is 2.15. The number of anilines is 1. The molecule has 2 aromatic rings. The van der Waals surface area contributed by atoms with Crippen molar-refractivity contribution in [1.82, 2.24) is 14.9 Å². The van der Waals surface area contributed by atoms with Gasteiger partial charge in [-0.25, -0.2) is 4.98 Å². The average molecular weight is 342 g/mol. The molecule has 6 heteroatoms. The van der Waals surface area contributed by atoms with E-state index in [1.54, 1.807) is 6.92 Å². The highest BCUT2D eigenvalue weighted by molar-refractivity contribution is 5.94. The number of aromatic nitrogens is 2. The molecule has 2 rings (SSSR count). The monoisotopic (exact) mass is 342 g/mol. The highest BCUT2D eigenvalue weighted by Crippen LogP contribution is 2.09. The van der Waals surface area contributed by atoms with E-state index >= 15 is 0 Å². The average Bonchev–Trinajstić information content (AvgIpc) is 2.60. The minimum absolute atomic E-state index is 0.0371. The molecule has 1 amide bonds. The molecule has 0 bridgehead atoms. The van der Waals surface area contributed by atoms with Crippen molar-refractivity contribution in [2.75, 3.05) is 18.8 Å². The van der Waals surface area contributed by atoms with Crippen molar-refractivity contribution in [2.24, 2.45) is 0 Å². The molecule has 1 aromatic carbocycles. The molecular formula is C19H26N4O2. The number of nitrogen functional groups attached to an aromatic ring is 1. The highest BCUT2D eigenvalue weighted by atomic mass is 16.2. The lowest BCUT2D eigenvalue weighted by atomic mass is 10.1. The second-order valence-corrected chi connectivity index (χ2v) is 6.13. The van der Waals surface area contributed by atoms with E-state index in [-0.39, 0.29) is 17.4 Å². The van der Waals surface area contributed by atoms with E-state index in [9.17, 15) is 9.59 Å². The lowest BCUT2D eigenvalue weighted by molar-refractivity contribution is 0.0751. The summed E-state index contributed by atoms with van der Waals surface area (Å²) in [5, 5.41) is 0. The first kappa shape index (κ1) is 18.7. The second-order valence-electron chi connectivity index (χ2n) is 6.13. The number of amides is 1. The number of nitrogens with two attached hydrogens (primary N) is 1. The van der Waals surface area contributed by atoms with Gasteiger partial charge in [-0.05, 0) is 38.3 Å². The molecule has 0 spiro atoms. The normalized spacial score (nSPS) is 10.6. The number of rotatable bonds is 8. The van der Waals surface area contributed by atoms with Gasteiger partial charge in [0.05, 0.1) is 0 Å². The van der Waals surface area contributed by atoms with Gasteiger partial charge in [0.15, 0.2) is 0 Å². The number of hydrogen-bond donors (Lipinski definition) is 2. The Kier molecular flexibility index (Phi) is 6.74. The number of nitrogens with zero attached hydrogens (tertiary/aromatic N) is 2. The molecular weight excluding hydrogens is 316 g/mol. The van der Waals surface area contributed by atoms with Gasteiger partial charge in [-0.1, -0.05) is 31.5 Å². The fraction of sp³-hybridized carbons (Fsp3) is 0.421. The van der Waals surface area contributed by atoms with E-state index in [2.05, 4.69) is 16.9 Å². The number of carbonyl (C=O) groups is 1. The van der Waals surface area contributed by atoms with E-state index in [1.165, 1.54) is 0 Å². The lowest BCUT2D eigenvalue weighted by Gasteiger charge is -2.22. The molecule has 0 aliphatic heterocycles. The van der Waals surface area contributed by atoms with Crippen LogP contribution in [0.5, 0.6) is 0 Å². The van der Waals surface area contributed by atoms with Crippen molar-refractivity contribution in [2.45, 2.75) is 39.5 Å². The summed E-state index contributed by atoms with van der Waals surface area (Å²) in [7, 11) is 0. The van der Waals surface area contributed by atoms with Gasteiger partial charge < -0.3 is 10.6 Å². The minimum atomic E-state index is -0.195. The van der Waals surface area contributed by atoms with E-state index in [0.29, 0.717) is 36.2 Å². The molecule has 0 aliphatic rings. The number of unbranched alkanes of at least 4 members (excludes halogenated alkanes) is 1. The van der Waals surface area contributed by atoms with Crippen LogP contribution in [-0.4, -0.2) is 33.9 Å². The molecule has 6 nitrogen and oxygen atoms in total. The predicted molar refractivity (Wildman–Crippen MR) is 99.6 cm³/mol. The first-order valence-corrected chi connectivity index (χ1v) is 8.72. The Hall–Kier alpha value is -2.63. The van der Waals surface area contributed by atoms with Crippen molar-refractivity contribution in [3.63, 3.8) is 0 Å². The number of nitrogens with one attached hydrogen (secondary N) is 1. The van der Waals surface area contributed by atoms with Gasteiger partial charge >= 0.3 is 0 Å². The van der Waals surface area contributed by atoms with Gasteiger partial charge in [0.1, 0.15) is 0 Å². The van der Waals surface area contributed by atoms with Crippen LogP contribution in [0.15, 0.2) is 35.1 Å². The maximum Gasteiger partial charge on any atom is 0.255 e. The zero-order valence-corrected chi connectivity index (χ0v) is 14.9. The Morgan fingerprint density at radius 1 is 1.20 bits per heavy atom. The Morgan fingerprint density at radius 3 is 2.52 bits per heavy atom. The topological polar surface area (TPSA) is 92.1 Å². The number of hydrogen-bond acceptors (Lipinski definition) is 4. The van der Waals surface area contributed by atoms with Gasteiger partial charge in [0.2, 0.25) is 5.95 Å². The van der Waals surface area contributed by atoms with Crippen molar-refractivity contribution < 1.29 is 4.79 Å². The fourth-order valence-electron chi connectivity index (χ4n) is 2.80. The summed E-state index contributed by atoms with van der Waals surface area (Å²) in [4.78, 5) is 33.2. The number of carbonyl (C=O) groups excluding carboxylic acids is 1. The molecule has 25 heavy (non-hydrogen) atoms. The summed E-state index contributed by atoms with van der Waals surface area (Å²) >= 11 is 0. The Labute approximate surface area is 148 Å². The van der Waals surface area contributed by atoms with Crippen LogP contribution in [0.4, 0.5) is 5.95 Å². The van der Waals surface area contributed by atoms with Crippen molar-refractivity contribution >= 4 is 11.9 Å². The van der Waals surface area contributed by atoms with Crippen LogP contribution in [0.25, 0.3) is 0 Å². The fourth-order valence-corrected chi connectivity index (χ4v) is 2.80. The summed E-state index contributed by atoms with van der Waals surface area (Å²) in [6.45, 7) is 5.22. The van der Waals surface area contributed by atoms with Crippen LogP contribution in [0.3, 0.4) is 0 Å². The van der Waals surface area contributed by atoms with Crippen LogP contribution in [0.1, 0.15) is 47.8 Å². The van der Waals surface area contributed by atoms with Gasteiger partial charge in [-0.15, -0.1) is 0 Å². The van der Waals surface area contributed by atoms with E-state index in [0.717, 1.165) is 19.4 Å². The summed E-state index contributed by atoms with van der Waals surface area (Å²) < 4.78 is 0. The maximum atomic E-state index is 12.7. The largest absolute Gasteiger partial charge is 0.369 e. The van der Waals surface area contributed by atoms with Crippen LogP contribution in [0.2, 0.25) is 0 Å². The zero-order valence-electron chi connectivity index (χ0n) is 14.9. The summed E-state index contributed by atoms with van der Waals surface area (Å²) in [5.41, 5.74) is 7.33. The standard InChI is InChI=1S/C19H26N4O2/c1-3-4-12-23(18(25)15-9-6-5-7-10-15)13-8-11-16-14(2)21-19(20)22-17(16)24/h5-7,9-10H,3-4,8,11-13H2,1-2H3,(H3,20,21,22,24). The van der Waals surface area contributed by atoms with E-state index < -0.39 is 0 Å². The van der Waals surface area contributed by atoms with Gasteiger partial charge in [0, 0.05) is 29.9 Å². The number of benzene rings is 1. The van der Waals surface area contributed by atoms with Crippen LogP contribution < -0.4 is 11.3 Å². The smallest absolute Gasteiger partial charge is 0.255 e. The predicted octanol–water partition coefficient (Wildman–Crippen LogP) is 2.54. The third-order valence-corrected chi connectivity index (χ3v) is 4.18. The third-order valence-electron chi connectivity index (χ3n) is 4.18. The van der Waals surface area contributed by atoms with E-state index in [1.807, 2.05) is 35.2 Å². The third kappa shape index (κ3) is 5.17. The summed E-state index contributed by atoms with van der Waals surface area (Å²) in [6.07, 6.45) is 3.26. The van der Waals surface area contributed by atoms with Crippen molar-refractivity contribution in [3.8, 4) is 0 Å².